The normalized spacial score (nSPS) is 15.1. The molecule has 9 nitrogen and oxygen atoms in total. The van der Waals surface area contributed by atoms with Gasteiger partial charge in [0.2, 0.25) is 5.82 Å². The number of carbonyl (C=O) groups is 1. The van der Waals surface area contributed by atoms with Crippen LogP contribution in [0, 0.1) is 22.0 Å². The maximum atomic E-state index is 12.3. The zero-order chi connectivity index (χ0) is 25.0. The Bertz CT molecular complexity index is 1310. The highest BCUT2D eigenvalue weighted by molar-refractivity contribution is 5.89. The Labute approximate surface area is 203 Å². The van der Waals surface area contributed by atoms with Gasteiger partial charge in [0.1, 0.15) is 11.4 Å². The van der Waals surface area contributed by atoms with Crippen LogP contribution in [0.2, 0.25) is 0 Å². The van der Waals surface area contributed by atoms with E-state index in [0.29, 0.717) is 31.2 Å². The number of anilines is 1. The average Bonchev–Trinajstić information content (AvgIpc) is 2.77. The van der Waals surface area contributed by atoms with Crippen LogP contribution in [0.3, 0.4) is 0 Å². The van der Waals surface area contributed by atoms with Crippen LogP contribution in [-0.4, -0.2) is 50.6 Å². The second-order valence-corrected chi connectivity index (χ2v) is 9.26. The van der Waals surface area contributed by atoms with Crippen LogP contribution in [-0.2, 0) is 11.2 Å². The number of nitro benzene ring substituents is 1. The van der Waals surface area contributed by atoms with E-state index >= 15 is 0 Å². The first kappa shape index (κ1) is 24.0. The number of rotatable bonds is 5. The van der Waals surface area contributed by atoms with Gasteiger partial charge in [-0.2, -0.15) is 0 Å². The van der Waals surface area contributed by atoms with Gasteiger partial charge < -0.3 is 10.1 Å². The van der Waals surface area contributed by atoms with Gasteiger partial charge in [-0.25, -0.2) is 14.8 Å². The molecule has 35 heavy (non-hydrogen) atoms. The second-order valence-electron chi connectivity index (χ2n) is 9.26. The fourth-order valence-electron chi connectivity index (χ4n) is 3.60. The molecule has 1 aromatic heterocycles. The van der Waals surface area contributed by atoms with Crippen molar-refractivity contribution in [2.45, 2.75) is 45.3 Å². The molecule has 1 aliphatic rings. The Balaban J connectivity index is 1.47. The standard InChI is InChI=1S/C26H27N5O4/c1-26(2,3)35-25(32)30-17-15-19(30)12-13-23-28-22-7-5-4-6-21(22)24(29-23)27-16-14-18-8-10-20(11-9-18)31(33)34/h4-11,19H,14-17H2,1-3H3,(H,27,28,29). The summed E-state index contributed by atoms with van der Waals surface area (Å²) < 4.78 is 5.44. The van der Waals surface area contributed by atoms with Gasteiger partial charge in [-0.05, 0) is 57.2 Å². The fourth-order valence-corrected chi connectivity index (χ4v) is 3.60. The predicted octanol–water partition coefficient (Wildman–Crippen LogP) is 4.55. The van der Waals surface area contributed by atoms with Crippen LogP contribution >= 0.6 is 0 Å². The minimum Gasteiger partial charge on any atom is -0.444 e. The largest absolute Gasteiger partial charge is 0.444 e. The van der Waals surface area contributed by atoms with Crippen LogP contribution in [0.4, 0.5) is 16.3 Å². The molecule has 0 saturated carbocycles. The second kappa shape index (κ2) is 9.97. The van der Waals surface area contributed by atoms with E-state index in [9.17, 15) is 14.9 Å². The number of hydrogen-bond acceptors (Lipinski definition) is 7. The maximum absolute atomic E-state index is 12.3. The van der Waals surface area contributed by atoms with Gasteiger partial charge in [0.05, 0.1) is 16.5 Å². The van der Waals surface area contributed by atoms with Crippen molar-refractivity contribution in [1.82, 2.24) is 14.9 Å². The lowest BCUT2D eigenvalue weighted by atomic mass is 10.0. The molecule has 1 fully saturated rings. The minimum absolute atomic E-state index is 0.0726. The topological polar surface area (TPSA) is 110 Å². The summed E-state index contributed by atoms with van der Waals surface area (Å²) in [5, 5.41) is 15.1. The lowest BCUT2D eigenvalue weighted by Crippen LogP contribution is -2.52. The number of non-ortho nitro benzene ring substituents is 1. The van der Waals surface area contributed by atoms with Crippen molar-refractivity contribution in [3.8, 4) is 11.8 Å². The van der Waals surface area contributed by atoms with E-state index in [4.69, 9.17) is 4.74 Å². The van der Waals surface area contributed by atoms with E-state index in [0.717, 1.165) is 22.9 Å². The highest BCUT2D eigenvalue weighted by atomic mass is 16.6. The summed E-state index contributed by atoms with van der Waals surface area (Å²) in [4.78, 5) is 33.6. The van der Waals surface area contributed by atoms with Crippen molar-refractivity contribution in [3.63, 3.8) is 0 Å². The highest BCUT2D eigenvalue weighted by Gasteiger charge is 2.34. The first-order valence-electron chi connectivity index (χ1n) is 11.4. The summed E-state index contributed by atoms with van der Waals surface area (Å²) in [6.45, 7) is 6.71. The summed E-state index contributed by atoms with van der Waals surface area (Å²) in [5.41, 5.74) is 1.26. The number of likely N-dealkylation sites (tertiary alicyclic amines) is 1. The van der Waals surface area contributed by atoms with Crippen molar-refractivity contribution >= 4 is 28.5 Å². The lowest BCUT2D eigenvalue weighted by Gasteiger charge is -2.38. The van der Waals surface area contributed by atoms with Crippen molar-refractivity contribution in [2.75, 3.05) is 18.4 Å². The van der Waals surface area contributed by atoms with Crippen LogP contribution in [0.25, 0.3) is 10.9 Å². The number of ether oxygens (including phenoxy) is 1. The molecular weight excluding hydrogens is 446 g/mol. The lowest BCUT2D eigenvalue weighted by molar-refractivity contribution is -0.384. The maximum Gasteiger partial charge on any atom is 0.411 e. The van der Waals surface area contributed by atoms with Gasteiger partial charge >= 0.3 is 6.09 Å². The number of para-hydroxylation sites is 1. The molecule has 0 bridgehead atoms. The Kier molecular flexibility index (Phi) is 6.82. The summed E-state index contributed by atoms with van der Waals surface area (Å²) in [6, 6.07) is 14.0. The number of hydrogen-bond donors (Lipinski definition) is 1. The molecule has 0 aliphatic carbocycles. The molecule has 1 N–H and O–H groups in total. The summed E-state index contributed by atoms with van der Waals surface area (Å²) in [6.07, 6.45) is 1.08. The Morgan fingerprint density at radius 2 is 1.94 bits per heavy atom. The molecule has 0 spiro atoms. The van der Waals surface area contributed by atoms with Crippen molar-refractivity contribution in [2.24, 2.45) is 0 Å². The molecule has 180 valence electrons. The molecule has 0 radical (unpaired) electrons. The molecule has 2 aromatic carbocycles. The summed E-state index contributed by atoms with van der Waals surface area (Å²) in [5.74, 6) is 7.17. The first-order valence-corrected chi connectivity index (χ1v) is 11.4. The summed E-state index contributed by atoms with van der Waals surface area (Å²) in [7, 11) is 0. The highest BCUT2D eigenvalue weighted by Crippen LogP contribution is 2.22. The molecule has 9 heteroatoms. The third kappa shape index (κ3) is 6.03. The Morgan fingerprint density at radius 1 is 1.20 bits per heavy atom. The Morgan fingerprint density at radius 3 is 2.60 bits per heavy atom. The van der Waals surface area contributed by atoms with E-state index in [1.54, 1.807) is 17.0 Å². The number of benzene rings is 2. The number of nitro groups is 1. The van der Waals surface area contributed by atoms with Gasteiger partial charge in [0, 0.05) is 30.6 Å². The zero-order valence-electron chi connectivity index (χ0n) is 19.9. The van der Waals surface area contributed by atoms with Gasteiger partial charge in [-0.3, -0.25) is 15.0 Å². The van der Waals surface area contributed by atoms with Crippen molar-refractivity contribution in [3.05, 3.63) is 70.0 Å². The fraction of sp³-hybridized carbons (Fsp3) is 0.346. The van der Waals surface area contributed by atoms with Crippen LogP contribution < -0.4 is 5.32 Å². The van der Waals surface area contributed by atoms with E-state index < -0.39 is 10.5 Å². The number of carbonyl (C=O) groups excluding carboxylic acids is 1. The molecule has 3 aromatic rings. The third-order valence-electron chi connectivity index (χ3n) is 5.45. The van der Waals surface area contributed by atoms with E-state index in [1.165, 1.54) is 12.1 Å². The molecule has 2 heterocycles. The van der Waals surface area contributed by atoms with Crippen LogP contribution in [0.5, 0.6) is 0 Å². The van der Waals surface area contributed by atoms with Gasteiger partial charge in [0.25, 0.3) is 5.69 Å². The monoisotopic (exact) mass is 473 g/mol. The number of nitrogens with one attached hydrogen (secondary N) is 1. The van der Waals surface area contributed by atoms with Crippen molar-refractivity contribution < 1.29 is 14.5 Å². The molecule has 1 saturated heterocycles. The number of nitrogens with zero attached hydrogens (tertiary/aromatic N) is 4. The third-order valence-corrected chi connectivity index (χ3v) is 5.45. The first-order chi connectivity index (χ1) is 16.7. The van der Waals surface area contributed by atoms with Gasteiger partial charge in [0.15, 0.2) is 0 Å². The quantitative estimate of drug-likeness (QED) is 0.329. The molecule has 1 unspecified atom stereocenters. The molecule has 4 rings (SSSR count). The summed E-state index contributed by atoms with van der Waals surface area (Å²) >= 11 is 0. The van der Waals surface area contributed by atoms with Crippen LogP contribution in [0.15, 0.2) is 48.5 Å². The Hall–Kier alpha value is -4.19. The minimum atomic E-state index is -0.554. The number of amides is 1. The van der Waals surface area contributed by atoms with E-state index in [1.807, 2.05) is 45.0 Å². The van der Waals surface area contributed by atoms with Crippen molar-refractivity contribution in [1.29, 1.82) is 0 Å². The van der Waals surface area contributed by atoms with Crippen LogP contribution in [0.1, 0.15) is 38.6 Å². The molecule has 1 amide bonds. The zero-order valence-corrected chi connectivity index (χ0v) is 19.9. The van der Waals surface area contributed by atoms with E-state index in [2.05, 4.69) is 27.1 Å². The average molecular weight is 474 g/mol. The van der Waals surface area contributed by atoms with Gasteiger partial charge in [-0.1, -0.05) is 30.2 Å². The predicted molar refractivity (Wildman–Crippen MR) is 133 cm³/mol. The molecular formula is C26H27N5O4. The smallest absolute Gasteiger partial charge is 0.411 e. The SMILES string of the molecule is CC(C)(C)OC(=O)N1CCC1C#Cc1nc(NCCc2ccc([N+](=O)[O-])cc2)c2ccccc2n1. The van der Waals surface area contributed by atoms with E-state index in [-0.39, 0.29) is 17.8 Å². The number of aromatic nitrogens is 2. The number of fused-ring (bicyclic) bond motifs is 1. The van der Waals surface area contributed by atoms with Gasteiger partial charge in [-0.15, -0.1) is 0 Å². The molecule has 1 atom stereocenters. The molecule has 1 aliphatic heterocycles.